The van der Waals surface area contributed by atoms with Crippen molar-refractivity contribution in [3.05, 3.63) is 65.2 Å². The van der Waals surface area contributed by atoms with Crippen LogP contribution in [-0.4, -0.2) is 11.8 Å². The van der Waals surface area contributed by atoms with Crippen LogP contribution in [0.2, 0.25) is 0 Å². The molecule has 0 spiro atoms. The largest absolute Gasteiger partial charge is 0.326 e. The van der Waals surface area contributed by atoms with Gasteiger partial charge in [0.25, 0.3) is 0 Å². The summed E-state index contributed by atoms with van der Waals surface area (Å²) in [7, 11) is 0. The summed E-state index contributed by atoms with van der Waals surface area (Å²) in [5.74, 6) is 0.669. The molecular formula is C18H20ClNO. The second kappa shape index (κ2) is 7.84. The molecule has 0 heterocycles. The molecule has 0 aliphatic heterocycles. The summed E-state index contributed by atoms with van der Waals surface area (Å²) >= 11 is 5.71. The normalized spacial score (nSPS) is 10.4. The predicted molar refractivity (Wildman–Crippen MR) is 89.0 cm³/mol. The SMILES string of the molecule is Cc1ccccc1CC(=O)Nc1cccc(CCCCl)c1. The lowest BCUT2D eigenvalue weighted by Crippen LogP contribution is -2.15. The number of hydrogen-bond acceptors (Lipinski definition) is 1. The van der Waals surface area contributed by atoms with Crippen molar-refractivity contribution in [2.24, 2.45) is 0 Å². The summed E-state index contributed by atoms with van der Waals surface area (Å²) in [5, 5.41) is 2.96. The van der Waals surface area contributed by atoms with E-state index in [0.717, 1.165) is 29.7 Å². The van der Waals surface area contributed by atoms with Crippen LogP contribution in [0.15, 0.2) is 48.5 Å². The third-order valence-electron chi connectivity index (χ3n) is 3.42. The van der Waals surface area contributed by atoms with Crippen LogP contribution in [0.5, 0.6) is 0 Å². The molecule has 0 radical (unpaired) electrons. The first-order valence-corrected chi connectivity index (χ1v) is 7.72. The van der Waals surface area contributed by atoms with E-state index in [9.17, 15) is 4.79 Å². The van der Waals surface area contributed by atoms with Crippen LogP contribution >= 0.6 is 11.6 Å². The third kappa shape index (κ3) is 4.91. The summed E-state index contributed by atoms with van der Waals surface area (Å²) in [4.78, 5) is 12.1. The lowest BCUT2D eigenvalue weighted by molar-refractivity contribution is -0.115. The van der Waals surface area contributed by atoms with Gasteiger partial charge in [-0.3, -0.25) is 4.79 Å². The highest BCUT2D eigenvalue weighted by Gasteiger charge is 2.06. The molecule has 2 nitrogen and oxygen atoms in total. The quantitative estimate of drug-likeness (QED) is 0.790. The van der Waals surface area contributed by atoms with Crippen LogP contribution in [0.25, 0.3) is 0 Å². The summed E-state index contributed by atoms with van der Waals surface area (Å²) in [6, 6.07) is 15.9. The van der Waals surface area contributed by atoms with Crippen molar-refractivity contribution < 1.29 is 4.79 Å². The molecule has 0 atom stereocenters. The molecular weight excluding hydrogens is 282 g/mol. The standard InChI is InChI=1S/C18H20ClNO/c1-14-6-2-3-9-16(14)13-18(21)20-17-10-4-7-15(12-17)8-5-11-19/h2-4,6-7,9-10,12H,5,8,11,13H2,1H3,(H,20,21). The highest BCUT2D eigenvalue weighted by Crippen LogP contribution is 2.14. The smallest absolute Gasteiger partial charge is 0.228 e. The van der Waals surface area contributed by atoms with Crippen LogP contribution < -0.4 is 5.32 Å². The number of hydrogen-bond donors (Lipinski definition) is 1. The van der Waals surface area contributed by atoms with Gasteiger partial charge in [0.15, 0.2) is 0 Å². The van der Waals surface area contributed by atoms with Crippen molar-refractivity contribution in [3.8, 4) is 0 Å². The van der Waals surface area contributed by atoms with E-state index in [2.05, 4.69) is 11.4 Å². The number of rotatable bonds is 6. The Kier molecular flexibility index (Phi) is 5.82. The number of amides is 1. The van der Waals surface area contributed by atoms with Gasteiger partial charge in [-0.1, -0.05) is 36.4 Å². The maximum absolute atomic E-state index is 12.1. The Bertz CT molecular complexity index is 610. The Morgan fingerprint density at radius 1 is 1.14 bits per heavy atom. The van der Waals surface area contributed by atoms with Crippen LogP contribution in [0, 0.1) is 6.92 Å². The zero-order valence-electron chi connectivity index (χ0n) is 12.2. The van der Waals surface area contributed by atoms with E-state index in [0.29, 0.717) is 12.3 Å². The summed E-state index contributed by atoms with van der Waals surface area (Å²) in [6.45, 7) is 2.02. The minimum absolute atomic E-state index is 0.0128. The molecule has 0 fully saturated rings. The van der Waals surface area contributed by atoms with Gasteiger partial charge in [-0.25, -0.2) is 0 Å². The molecule has 2 rings (SSSR count). The average Bonchev–Trinajstić information content (AvgIpc) is 2.48. The van der Waals surface area contributed by atoms with Crippen LogP contribution in [0.1, 0.15) is 23.1 Å². The van der Waals surface area contributed by atoms with E-state index >= 15 is 0 Å². The molecule has 2 aromatic carbocycles. The van der Waals surface area contributed by atoms with Crippen LogP contribution in [0.4, 0.5) is 5.69 Å². The maximum Gasteiger partial charge on any atom is 0.228 e. The number of halogens is 1. The number of alkyl halides is 1. The van der Waals surface area contributed by atoms with Gasteiger partial charge >= 0.3 is 0 Å². The summed E-state index contributed by atoms with van der Waals surface area (Å²) < 4.78 is 0. The molecule has 1 N–H and O–H groups in total. The number of carbonyl (C=O) groups excluding carboxylic acids is 1. The zero-order valence-corrected chi connectivity index (χ0v) is 13.0. The first-order chi connectivity index (χ1) is 10.2. The van der Waals surface area contributed by atoms with Gasteiger partial charge in [-0.05, 0) is 48.6 Å². The fourth-order valence-electron chi connectivity index (χ4n) is 2.26. The Labute approximate surface area is 131 Å². The van der Waals surface area contributed by atoms with Crippen molar-refractivity contribution in [2.45, 2.75) is 26.2 Å². The van der Waals surface area contributed by atoms with Crippen LogP contribution in [0.3, 0.4) is 0 Å². The number of anilines is 1. The third-order valence-corrected chi connectivity index (χ3v) is 3.69. The lowest BCUT2D eigenvalue weighted by Gasteiger charge is -2.09. The minimum atomic E-state index is 0.0128. The number of carbonyl (C=O) groups is 1. The fraction of sp³-hybridized carbons (Fsp3) is 0.278. The second-order valence-corrected chi connectivity index (χ2v) is 5.52. The van der Waals surface area contributed by atoms with Gasteiger partial charge in [0.1, 0.15) is 0 Å². The van der Waals surface area contributed by atoms with E-state index in [4.69, 9.17) is 11.6 Å². The van der Waals surface area contributed by atoms with E-state index in [1.54, 1.807) is 0 Å². The van der Waals surface area contributed by atoms with E-state index in [1.165, 1.54) is 5.56 Å². The Hall–Kier alpha value is -1.80. The zero-order chi connectivity index (χ0) is 15.1. The number of aryl methyl sites for hydroxylation is 2. The average molecular weight is 302 g/mol. The van der Waals surface area contributed by atoms with Crippen molar-refractivity contribution in [1.29, 1.82) is 0 Å². The Morgan fingerprint density at radius 3 is 2.71 bits per heavy atom. The van der Waals surface area contributed by atoms with Gasteiger partial charge in [-0.15, -0.1) is 11.6 Å². The lowest BCUT2D eigenvalue weighted by atomic mass is 10.1. The Balaban J connectivity index is 1.98. The van der Waals surface area contributed by atoms with Gasteiger partial charge in [0.2, 0.25) is 5.91 Å². The Morgan fingerprint density at radius 2 is 1.95 bits per heavy atom. The van der Waals surface area contributed by atoms with Crippen LogP contribution in [-0.2, 0) is 17.6 Å². The monoisotopic (exact) mass is 301 g/mol. The molecule has 0 unspecified atom stereocenters. The topological polar surface area (TPSA) is 29.1 Å². The molecule has 0 aliphatic rings. The predicted octanol–water partition coefficient (Wildman–Crippen LogP) is 4.35. The molecule has 0 saturated heterocycles. The van der Waals surface area contributed by atoms with Gasteiger partial charge in [0, 0.05) is 11.6 Å². The summed E-state index contributed by atoms with van der Waals surface area (Å²) in [5.41, 5.74) is 4.25. The number of nitrogens with one attached hydrogen (secondary N) is 1. The van der Waals surface area contributed by atoms with E-state index < -0.39 is 0 Å². The molecule has 3 heteroatoms. The molecule has 21 heavy (non-hydrogen) atoms. The van der Waals surface area contributed by atoms with Crippen molar-refractivity contribution in [3.63, 3.8) is 0 Å². The second-order valence-electron chi connectivity index (χ2n) is 5.14. The highest BCUT2D eigenvalue weighted by molar-refractivity contribution is 6.17. The van der Waals surface area contributed by atoms with E-state index in [1.807, 2.05) is 49.4 Å². The molecule has 110 valence electrons. The minimum Gasteiger partial charge on any atom is -0.326 e. The first-order valence-electron chi connectivity index (χ1n) is 7.18. The molecule has 0 aliphatic carbocycles. The molecule has 0 bridgehead atoms. The molecule has 1 amide bonds. The highest BCUT2D eigenvalue weighted by atomic mass is 35.5. The number of benzene rings is 2. The van der Waals surface area contributed by atoms with Crippen molar-refractivity contribution in [2.75, 3.05) is 11.2 Å². The van der Waals surface area contributed by atoms with Gasteiger partial charge in [0.05, 0.1) is 6.42 Å². The first kappa shape index (κ1) is 15.6. The maximum atomic E-state index is 12.1. The molecule has 0 aromatic heterocycles. The summed E-state index contributed by atoms with van der Waals surface area (Å²) in [6.07, 6.45) is 2.28. The van der Waals surface area contributed by atoms with Crippen molar-refractivity contribution in [1.82, 2.24) is 0 Å². The van der Waals surface area contributed by atoms with E-state index in [-0.39, 0.29) is 5.91 Å². The fourth-order valence-corrected chi connectivity index (χ4v) is 2.40. The van der Waals surface area contributed by atoms with Gasteiger partial charge < -0.3 is 5.32 Å². The van der Waals surface area contributed by atoms with Crippen molar-refractivity contribution >= 4 is 23.2 Å². The molecule has 2 aromatic rings. The van der Waals surface area contributed by atoms with Gasteiger partial charge in [-0.2, -0.15) is 0 Å². The molecule has 0 saturated carbocycles.